The molecule has 1 aromatic heterocycles. The number of carbonyl (C=O) groups excluding carboxylic acids is 2. The number of amides is 2. The normalized spacial score (nSPS) is 17.7. The molecule has 0 unspecified atom stereocenters. The maximum atomic E-state index is 13.1. The first-order chi connectivity index (χ1) is 14.8. The van der Waals surface area contributed by atoms with Gasteiger partial charge < -0.3 is 9.80 Å². The number of anilines is 1. The summed E-state index contributed by atoms with van der Waals surface area (Å²) >= 11 is 1.13. The highest BCUT2D eigenvalue weighted by molar-refractivity contribution is 7.93. The van der Waals surface area contributed by atoms with Gasteiger partial charge >= 0.3 is 0 Å². The highest BCUT2D eigenvalue weighted by Gasteiger charge is 2.33. The number of aryl methyl sites for hydroxylation is 1. The molecule has 2 aromatic rings. The van der Waals surface area contributed by atoms with Crippen LogP contribution in [0, 0.1) is 12.8 Å². The Kier molecular flexibility index (Phi) is 6.34. The van der Waals surface area contributed by atoms with Crippen molar-refractivity contribution in [2.75, 3.05) is 30.9 Å². The second-order valence-electron chi connectivity index (χ2n) is 8.18. The Hall–Kier alpha value is -2.39. The number of thiophene rings is 1. The molecule has 0 spiro atoms. The van der Waals surface area contributed by atoms with E-state index < -0.39 is 10.0 Å². The lowest BCUT2D eigenvalue weighted by molar-refractivity contribution is -0.135. The van der Waals surface area contributed by atoms with Gasteiger partial charge in [-0.2, -0.15) is 0 Å². The average Bonchev–Trinajstić information content (AvgIpc) is 3.47. The van der Waals surface area contributed by atoms with Crippen molar-refractivity contribution in [2.45, 2.75) is 37.5 Å². The van der Waals surface area contributed by atoms with E-state index in [-0.39, 0.29) is 27.5 Å². The van der Waals surface area contributed by atoms with E-state index in [0.29, 0.717) is 31.6 Å². The first-order valence-corrected chi connectivity index (χ1v) is 13.0. The number of benzene rings is 1. The molecule has 0 radical (unpaired) electrons. The Morgan fingerprint density at radius 1 is 0.968 bits per heavy atom. The van der Waals surface area contributed by atoms with Crippen molar-refractivity contribution in [3.63, 3.8) is 0 Å². The summed E-state index contributed by atoms with van der Waals surface area (Å²) in [6.45, 7) is 4.53. The molecule has 2 saturated heterocycles. The molecule has 9 heteroatoms. The second kappa shape index (κ2) is 9.00. The topological polar surface area (TPSA) is 86.8 Å². The lowest BCUT2D eigenvalue weighted by Crippen LogP contribution is -2.43. The van der Waals surface area contributed by atoms with E-state index in [4.69, 9.17) is 0 Å². The molecule has 3 heterocycles. The fraction of sp³-hybridized carbons (Fsp3) is 0.455. The summed E-state index contributed by atoms with van der Waals surface area (Å²) in [5.41, 5.74) is 1.48. The SMILES string of the molecule is Cc1ccc(NS(=O)(=O)c2ccsc2C(=O)N2CCC(C(=O)N3CCCC3)CC2)cc1. The first-order valence-electron chi connectivity index (χ1n) is 10.6. The molecule has 31 heavy (non-hydrogen) atoms. The summed E-state index contributed by atoms with van der Waals surface area (Å²) in [7, 11) is -3.88. The molecule has 2 aliphatic rings. The van der Waals surface area contributed by atoms with E-state index >= 15 is 0 Å². The Morgan fingerprint density at radius 2 is 1.61 bits per heavy atom. The van der Waals surface area contributed by atoms with E-state index in [0.717, 1.165) is 42.8 Å². The van der Waals surface area contributed by atoms with Crippen LogP contribution in [0.15, 0.2) is 40.6 Å². The van der Waals surface area contributed by atoms with Crippen molar-refractivity contribution < 1.29 is 18.0 Å². The van der Waals surface area contributed by atoms with Gasteiger partial charge in [0, 0.05) is 37.8 Å². The van der Waals surface area contributed by atoms with Crippen LogP contribution in [0.2, 0.25) is 0 Å². The molecule has 0 bridgehead atoms. The third kappa shape index (κ3) is 4.77. The zero-order valence-corrected chi connectivity index (χ0v) is 19.2. The van der Waals surface area contributed by atoms with Crippen molar-refractivity contribution in [3.05, 3.63) is 46.2 Å². The zero-order chi connectivity index (χ0) is 22.0. The predicted molar refractivity (Wildman–Crippen MR) is 121 cm³/mol. The number of rotatable bonds is 5. The Bertz CT molecular complexity index is 1050. The number of sulfonamides is 1. The molecule has 2 aliphatic heterocycles. The molecule has 1 N–H and O–H groups in total. The Balaban J connectivity index is 1.43. The number of hydrogen-bond donors (Lipinski definition) is 1. The highest BCUT2D eigenvalue weighted by Crippen LogP contribution is 2.28. The van der Waals surface area contributed by atoms with Crippen molar-refractivity contribution >= 4 is 38.9 Å². The molecule has 1 aromatic carbocycles. The predicted octanol–water partition coefficient (Wildman–Crippen LogP) is 3.33. The van der Waals surface area contributed by atoms with E-state index in [1.807, 2.05) is 24.0 Å². The maximum absolute atomic E-state index is 13.1. The van der Waals surface area contributed by atoms with Crippen molar-refractivity contribution in [1.82, 2.24) is 9.80 Å². The van der Waals surface area contributed by atoms with Crippen LogP contribution < -0.4 is 4.72 Å². The molecule has 0 aliphatic carbocycles. The number of nitrogens with one attached hydrogen (secondary N) is 1. The third-order valence-corrected chi connectivity index (χ3v) is 8.42. The van der Waals surface area contributed by atoms with E-state index in [9.17, 15) is 18.0 Å². The van der Waals surface area contributed by atoms with Crippen LogP contribution in [0.3, 0.4) is 0 Å². The van der Waals surface area contributed by atoms with Gasteiger partial charge in [-0.3, -0.25) is 14.3 Å². The number of carbonyl (C=O) groups is 2. The molecule has 0 atom stereocenters. The van der Waals surface area contributed by atoms with E-state index in [2.05, 4.69) is 4.72 Å². The van der Waals surface area contributed by atoms with Crippen molar-refractivity contribution in [3.8, 4) is 0 Å². The van der Waals surface area contributed by atoms with E-state index in [1.165, 1.54) is 6.07 Å². The van der Waals surface area contributed by atoms with Gasteiger partial charge in [0.05, 0.1) is 0 Å². The van der Waals surface area contributed by atoms with Gasteiger partial charge in [0.15, 0.2) is 0 Å². The van der Waals surface area contributed by atoms with E-state index in [1.54, 1.807) is 22.4 Å². The number of piperidine rings is 1. The van der Waals surface area contributed by atoms with Gasteiger partial charge in [0.25, 0.3) is 15.9 Å². The summed E-state index contributed by atoms with van der Waals surface area (Å²) in [5.74, 6) is -0.130. The van der Waals surface area contributed by atoms with Crippen LogP contribution in [-0.4, -0.2) is 56.2 Å². The zero-order valence-electron chi connectivity index (χ0n) is 17.5. The van der Waals surface area contributed by atoms with Crippen LogP contribution >= 0.6 is 11.3 Å². The largest absolute Gasteiger partial charge is 0.342 e. The Labute approximate surface area is 187 Å². The van der Waals surface area contributed by atoms with Crippen LogP contribution in [0.1, 0.15) is 40.9 Å². The van der Waals surface area contributed by atoms with Crippen LogP contribution in [0.4, 0.5) is 5.69 Å². The van der Waals surface area contributed by atoms with Gasteiger partial charge in [0.1, 0.15) is 9.77 Å². The quantitative estimate of drug-likeness (QED) is 0.740. The van der Waals surface area contributed by atoms with Gasteiger partial charge in [0.2, 0.25) is 5.91 Å². The minimum Gasteiger partial charge on any atom is -0.342 e. The summed E-state index contributed by atoms with van der Waals surface area (Å²) in [6, 6.07) is 8.51. The minimum atomic E-state index is -3.88. The van der Waals surface area contributed by atoms with Gasteiger partial charge in [-0.15, -0.1) is 11.3 Å². The van der Waals surface area contributed by atoms with Crippen molar-refractivity contribution in [2.24, 2.45) is 5.92 Å². The minimum absolute atomic E-state index is 0.00154. The molecule has 2 amide bonds. The van der Waals surface area contributed by atoms with Gasteiger partial charge in [-0.05, 0) is 56.2 Å². The van der Waals surface area contributed by atoms with Gasteiger partial charge in [-0.25, -0.2) is 8.42 Å². The van der Waals surface area contributed by atoms with Crippen LogP contribution in [0.5, 0.6) is 0 Å². The maximum Gasteiger partial charge on any atom is 0.265 e. The lowest BCUT2D eigenvalue weighted by atomic mass is 9.95. The molecule has 4 rings (SSSR count). The summed E-state index contributed by atoms with van der Waals surface area (Å²) in [4.78, 5) is 29.5. The number of hydrogen-bond acceptors (Lipinski definition) is 5. The number of likely N-dealkylation sites (tertiary alicyclic amines) is 2. The summed E-state index contributed by atoms with van der Waals surface area (Å²) in [6.07, 6.45) is 3.37. The first kappa shape index (κ1) is 21.8. The molecular formula is C22H27N3O4S2. The molecule has 2 fully saturated rings. The van der Waals surface area contributed by atoms with Crippen LogP contribution in [-0.2, 0) is 14.8 Å². The molecule has 0 saturated carbocycles. The number of nitrogens with zero attached hydrogens (tertiary/aromatic N) is 2. The summed E-state index contributed by atoms with van der Waals surface area (Å²) in [5, 5.41) is 1.63. The third-order valence-electron chi connectivity index (χ3n) is 5.97. The fourth-order valence-corrected chi connectivity index (χ4v) is 6.61. The standard InChI is InChI=1S/C22H27N3O4S2/c1-16-4-6-18(7-5-16)23-31(28,29)19-10-15-30-20(19)22(27)25-13-8-17(9-14-25)21(26)24-11-2-3-12-24/h4-7,10,15,17,23H,2-3,8-9,11-14H2,1H3. The lowest BCUT2D eigenvalue weighted by Gasteiger charge is -2.33. The highest BCUT2D eigenvalue weighted by atomic mass is 32.2. The summed E-state index contributed by atoms with van der Waals surface area (Å²) < 4.78 is 28.4. The van der Waals surface area contributed by atoms with Gasteiger partial charge in [-0.1, -0.05) is 17.7 Å². The monoisotopic (exact) mass is 461 g/mol. The molecular weight excluding hydrogens is 434 g/mol. The fourth-order valence-electron chi connectivity index (χ4n) is 4.17. The van der Waals surface area contributed by atoms with Crippen LogP contribution in [0.25, 0.3) is 0 Å². The Morgan fingerprint density at radius 3 is 2.26 bits per heavy atom. The molecule has 7 nitrogen and oxygen atoms in total. The van der Waals surface area contributed by atoms with Crippen molar-refractivity contribution in [1.29, 1.82) is 0 Å². The second-order valence-corrected chi connectivity index (χ2v) is 10.8. The molecule has 166 valence electrons. The smallest absolute Gasteiger partial charge is 0.265 e. The average molecular weight is 462 g/mol.